The number of aromatic nitrogens is 3. The smallest absolute Gasteiger partial charge is 0.196 e. The number of hydrogen-bond acceptors (Lipinski definition) is 6. The van der Waals surface area contributed by atoms with Gasteiger partial charge in [0.1, 0.15) is 18.1 Å². The number of methoxy groups -OCH3 is 1. The van der Waals surface area contributed by atoms with Crippen LogP contribution >= 0.6 is 11.8 Å². The molecule has 32 heavy (non-hydrogen) atoms. The summed E-state index contributed by atoms with van der Waals surface area (Å²) in [5, 5.41) is 9.33. The maximum atomic E-state index is 12.8. The Balaban J connectivity index is 1.57. The van der Waals surface area contributed by atoms with Crippen LogP contribution in [0, 0.1) is 6.92 Å². The highest BCUT2D eigenvalue weighted by Gasteiger charge is 2.18. The summed E-state index contributed by atoms with van der Waals surface area (Å²) in [5.41, 5.74) is 2.51. The first-order valence-electron chi connectivity index (χ1n) is 10.1. The van der Waals surface area contributed by atoms with Crippen LogP contribution in [0.15, 0.2) is 84.0 Å². The van der Waals surface area contributed by atoms with Crippen LogP contribution in [0.2, 0.25) is 0 Å². The van der Waals surface area contributed by atoms with E-state index in [2.05, 4.69) is 10.2 Å². The highest BCUT2D eigenvalue weighted by Crippen LogP contribution is 2.26. The van der Waals surface area contributed by atoms with E-state index in [9.17, 15) is 4.79 Å². The Kier molecular flexibility index (Phi) is 6.87. The van der Waals surface area contributed by atoms with E-state index in [1.807, 2.05) is 78.2 Å². The fourth-order valence-electron chi connectivity index (χ4n) is 3.27. The molecule has 0 saturated heterocycles. The molecule has 1 heterocycles. The highest BCUT2D eigenvalue weighted by atomic mass is 32.2. The molecule has 0 saturated carbocycles. The van der Waals surface area contributed by atoms with Gasteiger partial charge in [0.05, 0.1) is 18.4 Å². The Morgan fingerprint density at radius 1 is 0.906 bits per heavy atom. The number of hydrogen-bond donors (Lipinski definition) is 0. The van der Waals surface area contributed by atoms with Crippen LogP contribution in [0.25, 0.3) is 5.69 Å². The number of carbonyl (C=O) groups excluding carboxylic acids is 1. The number of thioether (sulfide) groups is 1. The molecule has 1 aromatic heterocycles. The number of benzene rings is 3. The molecular weight excluding hydrogens is 422 g/mol. The van der Waals surface area contributed by atoms with Crippen LogP contribution in [0.1, 0.15) is 21.7 Å². The first kappa shape index (κ1) is 21.6. The predicted molar refractivity (Wildman–Crippen MR) is 125 cm³/mol. The lowest BCUT2D eigenvalue weighted by atomic mass is 10.1. The van der Waals surface area contributed by atoms with Gasteiger partial charge in [-0.25, -0.2) is 0 Å². The second kappa shape index (κ2) is 10.2. The highest BCUT2D eigenvalue weighted by molar-refractivity contribution is 7.99. The van der Waals surface area contributed by atoms with Crippen molar-refractivity contribution in [2.45, 2.75) is 18.7 Å². The molecule has 0 atom stereocenters. The van der Waals surface area contributed by atoms with Crippen LogP contribution in [-0.4, -0.2) is 33.4 Å². The van der Waals surface area contributed by atoms with Crippen LogP contribution in [0.3, 0.4) is 0 Å². The van der Waals surface area contributed by atoms with Crippen molar-refractivity contribution in [2.75, 3.05) is 12.9 Å². The molecule has 0 fully saturated rings. The lowest BCUT2D eigenvalue weighted by molar-refractivity contribution is 0.101. The molecule has 6 nitrogen and oxygen atoms in total. The standard InChI is InChI=1S/C25H23N3O3S/c1-18-10-6-8-14-22(18)31-16-24-26-27-25(28(24)19-11-4-3-5-12-19)32-17-21(29)20-13-7-9-15-23(20)30-2/h3-15H,16-17H2,1-2H3. The van der Waals surface area contributed by atoms with E-state index >= 15 is 0 Å². The third-order valence-corrected chi connectivity index (χ3v) is 5.83. The van der Waals surface area contributed by atoms with Crippen LogP contribution in [-0.2, 0) is 6.61 Å². The number of ether oxygens (including phenoxy) is 2. The van der Waals surface area contributed by atoms with Crippen LogP contribution < -0.4 is 9.47 Å². The molecule has 0 aliphatic carbocycles. The number of Topliss-reactive ketones (excluding diaryl/α,β-unsaturated/α-hetero) is 1. The minimum atomic E-state index is -0.0345. The summed E-state index contributed by atoms with van der Waals surface area (Å²) in [7, 11) is 1.56. The number of rotatable bonds is 9. The van der Waals surface area contributed by atoms with Gasteiger partial charge in [0, 0.05) is 5.69 Å². The molecule has 0 unspecified atom stereocenters. The van der Waals surface area contributed by atoms with Crippen molar-refractivity contribution in [1.29, 1.82) is 0 Å². The fraction of sp³-hybridized carbons (Fsp3) is 0.160. The Hall–Kier alpha value is -3.58. The van der Waals surface area contributed by atoms with Crippen LogP contribution in [0.4, 0.5) is 0 Å². The van der Waals surface area contributed by atoms with Gasteiger partial charge >= 0.3 is 0 Å². The SMILES string of the molecule is COc1ccccc1C(=O)CSc1nnc(COc2ccccc2C)n1-c1ccccc1. The first-order valence-corrected chi connectivity index (χ1v) is 11.1. The third kappa shape index (κ3) is 4.84. The molecule has 0 bridgehead atoms. The normalized spacial score (nSPS) is 10.7. The lowest BCUT2D eigenvalue weighted by Crippen LogP contribution is -2.09. The van der Waals surface area contributed by atoms with Gasteiger partial charge in [-0.1, -0.05) is 60.3 Å². The molecule has 0 spiro atoms. The van der Waals surface area contributed by atoms with Crippen molar-refractivity contribution in [1.82, 2.24) is 14.8 Å². The van der Waals surface area contributed by atoms with Crippen molar-refractivity contribution < 1.29 is 14.3 Å². The van der Waals surface area contributed by atoms with Gasteiger partial charge < -0.3 is 9.47 Å². The van der Waals surface area contributed by atoms with Gasteiger partial charge in [-0.3, -0.25) is 9.36 Å². The molecule has 7 heteroatoms. The Labute approximate surface area is 191 Å². The molecule has 0 aliphatic heterocycles. The molecule has 0 amide bonds. The van der Waals surface area contributed by atoms with Crippen molar-refractivity contribution in [3.05, 3.63) is 95.8 Å². The second-order valence-corrected chi connectivity index (χ2v) is 7.98. The summed E-state index contributed by atoms with van der Waals surface area (Å²) < 4.78 is 13.3. The van der Waals surface area contributed by atoms with Gasteiger partial charge in [-0.05, 0) is 42.8 Å². The zero-order chi connectivity index (χ0) is 22.3. The summed E-state index contributed by atoms with van der Waals surface area (Å²) >= 11 is 1.34. The van der Waals surface area contributed by atoms with E-state index in [1.54, 1.807) is 19.2 Å². The molecule has 4 rings (SSSR count). The number of para-hydroxylation sites is 3. The van der Waals surface area contributed by atoms with E-state index in [1.165, 1.54) is 11.8 Å². The minimum absolute atomic E-state index is 0.0345. The quantitative estimate of drug-likeness (QED) is 0.263. The largest absolute Gasteiger partial charge is 0.496 e. The van der Waals surface area contributed by atoms with Crippen molar-refractivity contribution in [2.24, 2.45) is 0 Å². The lowest BCUT2D eigenvalue weighted by Gasteiger charge is -2.12. The molecule has 4 aromatic rings. The Morgan fingerprint density at radius 3 is 2.34 bits per heavy atom. The van der Waals surface area contributed by atoms with Gasteiger partial charge in [-0.15, -0.1) is 10.2 Å². The maximum Gasteiger partial charge on any atom is 0.196 e. The van der Waals surface area contributed by atoms with E-state index in [-0.39, 0.29) is 18.1 Å². The molecule has 0 N–H and O–H groups in total. The molecule has 0 radical (unpaired) electrons. The maximum absolute atomic E-state index is 12.8. The van der Waals surface area contributed by atoms with Crippen molar-refractivity contribution >= 4 is 17.5 Å². The average molecular weight is 446 g/mol. The molecule has 162 valence electrons. The average Bonchev–Trinajstić information content (AvgIpc) is 3.25. The molecule has 0 aliphatic rings. The van der Waals surface area contributed by atoms with Gasteiger partial charge in [-0.2, -0.15) is 0 Å². The molecule has 3 aromatic carbocycles. The van der Waals surface area contributed by atoms with E-state index in [0.717, 1.165) is 17.0 Å². The summed E-state index contributed by atoms with van der Waals surface area (Å²) in [4.78, 5) is 12.8. The fourth-order valence-corrected chi connectivity index (χ4v) is 4.12. The first-order chi connectivity index (χ1) is 15.7. The summed E-state index contributed by atoms with van der Waals surface area (Å²) in [5.74, 6) is 2.20. The predicted octanol–water partition coefficient (Wildman–Crippen LogP) is 5.14. The molecular formula is C25H23N3O3S. The van der Waals surface area contributed by atoms with E-state index in [4.69, 9.17) is 9.47 Å². The van der Waals surface area contributed by atoms with Gasteiger partial charge in [0.25, 0.3) is 0 Å². The number of ketones is 1. The number of carbonyl (C=O) groups is 1. The van der Waals surface area contributed by atoms with Crippen LogP contribution in [0.5, 0.6) is 11.5 Å². The van der Waals surface area contributed by atoms with Gasteiger partial charge in [0.2, 0.25) is 0 Å². The number of aryl methyl sites for hydroxylation is 1. The summed E-state index contributed by atoms with van der Waals surface area (Å²) in [6.07, 6.45) is 0. The Bertz CT molecular complexity index is 1210. The second-order valence-electron chi connectivity index (χ2n) is 7.04. The topological polar surface area (TPSA) is 66.2 Å². The zero-order valence-corrected chi connectivity index (χ0v) is 18.7. The zero-order valence-electron chi connectivity index (χ0n) is 17.9. The van der Waals surface area contributed by atoms with E-state index < -0.39 is 0 Å². The van der Waals surface area contributed by atoms with Crippen molar-refractivity contribution in [3.8, 4) is 17.2 Å². The third-order valence-electron chi connectivity index (χ3n) is 4.90. The summed E-state index contributed by atoms with van der Waals surface area (Å²) in [6, 6.07) is 24.9. The van der Waals surface area contributed by atoms with Gasteiger partial charge in [0.15, 0.2) is 16.8 Å². The number of nitrogens with zero attached hydrogens (tertiary/aromatic N) is 3. The van der Waals surface area contributed by atoms with Crippen molar-refractivity contribution in [3.63, 3.8) is 0 Å². The summed E-state index contributed by atoms with van der Waals surface area (Å²) in [6.45, 7) is 2.26. The monoisotopic (exact) mass is 445 g/mol. The minimum Gasteiger partial charge on any atom is -0.496 e. The Morgan fingerprint density at radius 2 is 1.59 bits per heavy atom. The van der Waals surface area contributed by atoms with E-state index in [0.29, 0.717) is 22.3 Å².